The van der Waals surface area contributed by atoms with E-state index in [2.05, 4.69) is 18.7 Å². The van der Waals surface area contributed by atoms with E-state index >= 15 is 0 Å². The van der Waals surface area contributed by atoms with Crippen LogP contribution in [0.15, 0.2) is 0 Å². The number of rotatable bonds is 5. The van der Waals surface area contributed by atoms with Crippen LogP contribution in [0.25, 0.3) is 0 Å². The fourth-order valence-electron chi connectivity index (χ4n) is 2.08. The van der Waals surface area contributed by atoms with Gasteiger partial charge in [0.15, 0.2) is 0 Å². The smallest absolute Gasteiger partial charge is 0.0637 e. The maximum absolute atomic E-state index is 6.13. The molecule has 2 atom stereocenters. The third-order valence-electron chi connectivity index (χ3n) is 3.02. The van der Waals surface area contributed by atoms with Gasteiger partial charge in [-0.25, -0.2) is 0 Å². The molecule has 0 aromatic rings. The van der Waals surface area contributed by atoms with Gasteiger partial charge in [-0.15, -0.1) is 0 Å². The Morgan fingerprint density at radius 3 is 2.80 bits per heavy atom. The quantitative estimate of drug-likeness (QED) is 0.725. The summed E-state index contributed by atoms with van der Waals surface area (Å²) in [6.45, 7) is 7.61. The molecule has 1 aliphatic heterocycles. The van der Waals surface area contributed by atoms with E-state index in [1.807, 2.05) is 0 Å². The van der Waals surface area contributed by atoms with Gasteiger partial charge in [-0.05, 0) is 20.3 Å². The van der Waals surface area contributed by atoms with E-state index in [1.54, 1.807) is 7.11 Å². The highest BCUT2D eigenvalue weighted by molar-refractivity contribution is 4.86. The molecule has 1 aliphatic rings. The van der Waals surface area contributed by atoms with Crippen LogP contribution in [0.4, 0.5) is 0 Å². The molecule has 0 aromatic carbocycles. The largest absolute Gasteiger partial charge is 0.383 e. The molecule has 0 aliphatic carbocycles. The van der Waals surface area contributed by atoms with Gasteiger partial charge in [-0.1, -0.05) is 0 Å². The molecule has 15 heavy (non-hydrogen) atoms. The monoisotopic (exact) mass is 216 g/mol. The van der Waals surface area contributed by atoms with Crippen LogP contribution in [0.5, 0.6) is 0 Å². The van der Waals surface area contributed by atoms with Crippen LogP contribution in [-0.4, -0.2) is 56.5 Å². The minimum Gasteiger partial charge on any atom is -0.383 e. The molecule has 2 N–H and O–H groups in total. The van der Waals surface area contributed by atoms with Gasteiger partial charge in [0, 0.05) is 38.4 Å². The molecule has 4 nitrogen and oxygen atoms in total. The standard InChI is InChI=1S/C11H24N2O2/c1-9(2)13(5-7-14-3)11-8-15-6-4-10(11)12/h9-11H,4-8,12H2,1-3H3. The van der Waals surface area contributed by atoms with E-state index < -0.39 is 0 Å². The van der Waals surface area contributed by atoms with Gasteiger partial charge >= 0.3 is 0 Å². The molecule has 0 bridgehead atoms. The number of methoxy groups -OCH3 is 1. The van der Waals surface area contributed by atoms with Crippen LogP contribution in [-0.2, 0) is 9.47 Å². The van der Waals surface area contributed by atoms with Crippen molar-refractivity contribution in [2.75, 3.05) is 33.5 Å². The molecule has 0 amide bonds. The van der Waals surface area contributed by atoms with Crippen LogP contribution < -0.4 is 5.73 Å². The summed E-state index contributed by atoms with van der Waals surface area (Å²) in [5.74, 6) is 0. The van der Waals surface area contributed by atoms with Crippen molar-refractivity contribution in [3.05, 3.63) is 0 Å². The Morgan fingerprint density at radius 2 is 2.27 bits per heavy atom. The van der Waals surface area contributed by atoms with Crippen LogP contribution >= 0.6 is 0 Å². The second kappa shape index (κ2) is 6.43. The summed E-state index contributed by atoms with van der Waals surface area (Å²) in [4.78, 5) is 2.38. The molecule has 0 spiro atoms. The summed E-state index contributed by atoms with van der Waals surface area (Å²) in [6, 6.07) is 1.06. The first-order valence-corrected chi connectivity index (χ1v) is 5.74. The summed E-state index contributed by atoms with van der Waals surface area (Å²) in [7, 11) is 1.73. The Balaban J connectivity index is 2.52. The van der Waals surface area contributed by atoms with E-state index in [1.165, 1.54) is 0 Å². The van der Waals surface area contributed by atoms with Crippen LogP contribution in [0.2, 0.25) is 0 Å². The van der Waals surface area contributed by atoms with Crippen LogP contribution in [0.1, 0.15) is 20.3 Å². The molecule has 90 valence electrons. The molecule has 0 aromatic heterocycles. The lowest BCUT2D eigenvalue weighted by atomic mass is 10.0. The number of hydrogen-bond acceptors (Lipinski definition) is 4. The molecule has 0 radical (unpaired) electrons. The summed E-state index contributed by atoms with van der Waals surface area (Å²) in [5, 5.41) is 0. The van der Waals surface area contributed by atoms with E-state index in [9.17, 15) is 0 Å². The van der Waals surface area contributed by atoms with Gasteiger partial charge in [-0.2, -0.15) is 0 Å². The number of hydrogen-bond donors (Lipinski definition) is 1. The fraction of sp³-hybridized carbons (Fsp3) is 1.00. The Labute approximate surface area is 92.7 Å². The Kier molecular flexibility index (Phi) is 5.53. The van der Waals surface area contributed by atoms with Crippen molar-refractivity contribution in [3.8, 4) is 0 Å². The van der Waals surface area contributed by atoms with E-state index in [-0.39, 0.29) is 6.04 Å². The van der Waals surface area contributed by atoms with Crippen molar-refractivity contribution in [3.63, 3.8) is 0 Å². The maximum atomic E-state index is 6.13. The van der Waals surface area contributed by atoms with Crippen molar-refractivity contribution in [1.29, 1.82) is 0 Å². The number of nitrogens with zero attached hydrogens (tertiary/aromatic N) is 1. The Morgan fingerprint density at radius 1 is 1.53 bits per heavy atom. The topological polar surface area (TPSA) is 47.7 Å². The SMILES string of the molecule is COCCN(C(C)C)C1COCCC1N. The highest BCUT2D eigenvalue weighted by atomic mass is 16.5. The molecule has 1 heterocycles. The third kappa shape index (κ3) is 3.72. The molecule has 1 fully saturated rings. The molecule has 2 unspecified atom stereocenters. The van der Waals surface area contributed by atoms with Gasteiger partial charge in [-0.3, -0.25) is 4.90 Å². The maximum Gasteiger partial charge on any atom is 0.0637 e. The first-order valence-electron chi connectivity index (χ1n) is 5.74. The molecule has 1 saturated heterocycles. The summed E-state index contributed by atoms with van der Waals surface area (Å²) in [5.41, 5.74) is 6.13. The van der Waals surface area contributed by atoms with Crippen molar-refractivity contribution >= 4 is 0 Å². The predicted molar refractivity (Wildman–Crippen MR) is 60.9 cm³/mol. The van der Waals surface area contributed by atoms with Crippen molar-refractivity contribution in [2.24, 2.45) is 5.73 Å². The fourth-order valence-corrected chi connectivity index (χ4v) is 2.08. The zero-order valence-electron chi connectivity index (χ0n) is 10.1. The second-order valence-electron chi connectivity index (χ2n) is 4.42. The Hall–Kier alpha value is -0.160. The lowest BCUT2D eigenvalue weighted by Crippen LogP contribution is -2.56. The highest BCUT2D eigenvalue weighted by Gasteiger charge is 2.29. The first-order chi connectivity index (χ1) is 7.16. The van der Waals surface area contributed by atoms with Gasteiger partial charge < -0.3 is 15.2 Å². The minimum atomic E-state index is 0.234. The van der Waals surface area contributed by atoms with E-state index in [4.69, 9.17) is 15.2 Å². The lowest BCUT2D eigenvalue weighted by molar-refractivity contribution is -0.0143. The third-order valence-corrected chi connectivity index (χ3v) is 3.02. The Bertz CT molecular complexity index is 176. The number of nitrogens with two attached hydrogens (primary N) is 1. The van der Waals surface area contributed by atoms with Gasteiger partial charge in [0.05, 0.1) is 13.2 Å². The summed E-state index contributed by atoms with van der Waals surface area (Å²) in [6.07, 6.45) is 0.959. The minimum absolute atomic E-state index is 0.234. The summed E-state index contributed by atoms with van der Waals surface area (Å²) >= 11 is 0. The van der Waals surface area contributed by atoms with Crippen molar-refractivity contribution in [2.45, 2.75) is 38.4 Å². The van der Waals surface area contributed by atoms with Crippen LogP contribution in [0.3, 0.4) is 0 Å². The molecular weight excluding hydrogens is 192 g/mol. The second-order valence-corrected chi connectivity index (χ2v) is 4.42. The van der Waals surface area contributed by atoms with E-state index in [0.29, 0.717) is 12.1 Å². The van der Waals surface area contributed by atoms with Gasteiger partial charge in [0.1, 0.15) is 0 Å². The predicted octanol–water partition coefficient (Wildman–Crippen LogP) is 0.459. The number of ether oxygens (including phenoxy) is 2. The highest BCUT2D eigenvalue weighted by Crippen LogP contribution is 2.15. The van der Waals surface area contributed by atoms with Gasteiger partial charge in [0.25, 0.3) is 0 Å². The lowest BCUT2D eigenvalue weighted by Gasteiger charge is -2.40. The molecule has 0 saturated carbocycles. The van der Waals surface area contributed by atoms with Crippen molar-refractivity contribution in [1.82, 2.24) is 4.90 Å². The molecule has 1 rings (SSSR count). The van der Waals surface area contributed by atoms with Crippen LogP contribution in [0, 0.1) is 0 Å². The molecular formula is C11H24N2O2. The molecule has 4 heteroatoms. The normalized spacial score (nSPS) is 27.6. The zero-order valence-corrected chi connectivity index (χ0v) is 10.1. The zero-order chi connectivity index (χ0) is 11.3. The van der Waals surface area contributed by atoms with Crippen molar-refractivity contribution < 1.29 is 9.47 Å². The average molecular weight is 216 g/mol. The van der Waals surface area contributed by atoms with E-state index in [0.717, 1.165) is 32.8 Å². The first kappa shape index (κ1) is 12.9. The van der Waals surface area contributed by atoms with Gasteiger partial charge in [0.2, 0.25) is 0 Å². The average Bonchev–Trinajstić information content (AvgIpc) is 2.20. The summed E-state index contributed by atoms with van der Waals surface area (Å²) < 4.78 is 10.6.